The summed E-state index contributed by atoms with van der Waals surface area (Å²) in [5, 5.41) is 12.4. The van der Waals surface area contributed by atoms with Crippen molar-refractivity contribution >= 4 is 27.3 Å². The molecule has 0 aliphatic rings. The zero-order valence-corrected chi connectivity index (χ0v) is 17.4. The molecule has 0 saturated carbocycles. The third-order valence-electron chi connectivity index (χ3n) is 4.48. The van der Waals surface area contributed by atoms with Gasteiger partial charge in [0.25, 0.3) is 15.9 Å². The molecular weight excluding hydrogens is 404 g/mol. The highest BCUT2D eigenvalue weighted by molar-refractivity contribution is 7.92. The molecule has 0 aliphatic heterocycles. The molecule has 0 spiro atoms. The molecule has 3 rings (SSSR count). The van der Waals surface area contributed by atoms with Crippen molar-refractivity contribution in [1.82, 2.24) is 0 Å². The van der Waals surface area contributed by atoms with Gasteiger partial charge in [-0.3, -0.25) is 9.52 Å². The molecule has 8 heteroatoms. The minimum Gasteiger partial charge on any atom is -0.506 e. The van der Waals surface area contributed by atoms with Gasteiger partial charge in [-0.05, 0) is 54.4 Å². The van der Waals surface area contributed by atoms with E-state index in [2.05, 4.69) is 10.0 Å². The number of aromatic hydroxyl groups is 1. The van der Waals surface area contributed by atoms with Crippen LogP contribution in [0.15, 0.2) is 71.6 Å². The number of rotatable bonds is 7. The van der Waals surface area contributed by atoms with Crippen molar-refractivity contribution < 1.29 is 23.1 Å². The Morgan fingerprint density at radius 1 is 1.03 bits per heavy atom. The molecule has 7 nitrogen and oxygen atoms in total. The second-order valence-corrected chi connectivity index (χ2v) is 8.14. The monoisotopic (exact) mass is 426 g/mol. The average molecular weight is 426 g/mol. The zero-order chi connectivity index (χ0) is 21.7. The van der Waals surface area contributed by atoms with Gasteiger partial charge < -0.3 is 15.2 Å². The molecule has 156 valence electrons. The van der Waals surface area contributed by atoms with Crippen molar-refractivity contribution in [2.45, 2.75) is 18.2 Å². The predicted molar refractivity (Wildman–Crippen MR) is 116 cm³/mol. The molecule has 0 fully saturated rings. The van der Waals surface area contributed by atoms with Crippen LogP contribution in [0.4, 0.5) is 11.4 Å². The first kappa shape index (κ1) is 21.2. The van der Waals surface area contributed by atoms with E-state index < -0.39 is 15.9 Å². The van der Waals surface area contributed by atoms with Crippen LogP contribution >= 0.6 is 0 Å². The summed E-state index contributed by atoms with van der Waals surface area (Å²) in [6.07, 6.45) is 0.842. The number of methoxy groups -OCH3 is 1. The number of hydrogen-bond acceptors (Lipinski definition) is 5. The summed E-state index contributed by atoms with van der Waals surface area (Å²) in [6.45, 7) is 2.01. The minimum absolute atomic E-state index is 0.0931. The number of phenolic OH excluding ortho intramolecular Hbond substituents is 1. The Hall–Kier alpha value is -3.52. The van der Waals surface area contributed by atoms with Crippen molar-refractivity contribution in [2.24, 2.45) is 0 Å². The summed E-state index contributed by atoms with van der Waals surface area (Å²) < 4.78 is 33.6. The van der Waals surface area contributed by atoms with Crippen LogP contribution in [0, 0.1) is 0 Å². The van der Waals surface area contributed by atoms with Crippen LogP contribution in [0.2, 0.25) is 0 Å². The largest absolute Gasteiger partial charge is 0.506 e. The Bertz CT molecular complexity index is 1160. The summed E-state index contributed by atoms with van der Waals surface area (Å²) in [5.41, 5.74) is 1.80. The number of amides is 1. The van der Waals surface area contributed by atoms with Crippen LogP contribution in [0.25, 0.3) is 0 Å². The number of ether oxygens (including phenoxy) is 1. The third kappa shape index (κ3) is 4.72. The second kappa shape index (κ2) is 8.87. The minimum atomic E-state index is -4.02. The standard InChI is InChI=1S/C22H22N2O5S/c1-3-15-8-11-17(12-9-15)24-30(27,28)21-14-16(10-13-20(21)29-2)22(26)23-18-6-4-5-7-19(18)25/h4-14,24-25H,3H2,1-2H3,(H,23,26). The van der Waals surface area contributed by atoms with Crippen molar-refractivity contribution in [2.75, 3.05) is 17.1 Å². The van der Waals surface area contributed by atoms with Crippen LogP contribution in [-0.2, 0) is 16.4 Å². The molecule has 3 N–H and O–H groups in total. The molecule has 0 atom stereocenters. The molecule has 3 aromatic rings. The first-order valence-corrected chi connectivity index (χ1v) is 10.7. The van der Waals surface area contributed by atoms with Gasteiger partial charge in [0.1, 0.15) is 16.4 Å². The van der Waals surface area contributed by atoms with Crippen LogP contribution in [0.1, 0.15) is 22.8 Å². The number of anilines is 2. The molecule has 0 saturated heterocycles. The fourth-order valence-electron chi connectivity index (χ4n) is 2.82. The Kier molecular flexibility index (Phi) is 6.27. The van der Waals surface area contributed by atoms with E-state index in [1.807, 2.05) is 19.1 Å². The van der Waals surface area contributed by atoms with Crippen molar-refractivity contribution in [3.63, 3.8) is 0 Å². The molecule has 0 radical (unpaired) electrons. The summed E-state index contributed by atoms with van der Waals surface area (Å²) in [6, 6.07) is 17.4. The van der Waals surface area contributed by atoms with Gasteiger partial charge in [-0.15, -0.1) is 0 Å². The number of hydrogen-bond donors (Lipinski definition) is 3. The molecule has 0 unspecified atom stereocenters. The number of aryl methyl sites for hydroxylation is 1. The number of carbonyl (C=O) groups excluding carboxylic acids is 1. The lowest BCUT2D eigenvalue weighted by molar-refractivity contribution is 0.102. The molecule has 3 aromatic carbocycles. The zero-order valence-electron chi connectivity index (χ0n) is 16.5. The highest BCUT2D eigenvalue weighted by Gasteiger charge is 2.22. The second-order valence-electron chi connectivity index (χ2n) is 6.49. The van der Waals surface area contributed by atoms with Crippen LogP contribution in [-0.4, -0.2) is 26.5 Å². The number of sulfonamides is 1. The van der Waals surface area contributed by atoms with Gasteiger partial charge in [-0.2, -0.15) is 0 Å². The SMILES string of the molecule is CCc1ccc(NS(=O)(=O)c2cc(C(=O)Nc3ccccc3O)ccc2OC)cc1. The summed E-state index contributed by atoms with van der Waals surface area (Å²) in [4.78, 5) is 12.4. The molecule has 0 heterocycles. The van der Waals surface area contributed by atoms with E-state index in [9.17, 15) is 18.3 Å². The van der Waals surface area contributed by atoms with E-state index in [1.165, 1.54) is 37.4 Å². The maximum absolute atomic E-state index is 13.0. The molecule has 0 bridgehead atoms. The number of para-hydroxylation sites is 2. The first-order valence-electron chi connectivity index (χ1n) is 9.23. The van der Waals surface area contributed by atoms with Crippen LogP contribution in [0.5, 0.6) is 11.5 Å². The fourth-order valence-corrected chi connectivity index (χ4v) is 4.08. The van der Waals surface area contributed by atoms with E-state index in [4.69, 9.17) is 4.74 Å². The predicted octanol–water partition coefficient (Wildman–Crippen LogP) is 4.02. The number of carbonyl (C=O) groups is 1. The first-order chi connectivity index (χ1) is 14.3. The molecule has 1 amide bonds. The Labute approximate surface area is 175 Å². The highest BCUT2D eigenvalue weighted by Crippen LogP contribution is 2.28. The van der Waals surface area contributed by atoms with Crippen molar-refractivity contribution in [3.8, 4) is 11.5 Å². The lowest BCUT2D eigenvalue weighted by Gasteiger charge is -2.14. The number of benzene rings is 3. The van der Waals surface area contributed by atoms with Crippen molar-refractivity contribution in [3.05, 3.63) is 77.9 Å². The average Bonchev–Trinajstić information content (AvgIpc) is 2.75. The van der Waals surface area contributed by atoms with Crippen molar-refractivity contribution in [1.29, 1.82) is 0 Å². The van der Waals surface area contributed by atoms with E-state index in [0.717, 1.165) is 12.0 Å². The van der Waals surface area contributed by atoms with Crippen LogP contribution in [0.3, 0.4) is 0 Å². The number of phenols is 1. The van der Waals surface area contributed by atoms with E-state index in [-0.39, 0.29) is 27.6 Å². The van der Waals surface area contributed by atoms with E-state index in [0.29, 0.717) is 5.69 Å². The van der Waals surface area contributed by atoms with E-state index >= 15 is 0 Å². The quantitative estimate of drug-likeness (QED) is 0.495. The lowest BCUT2D eigenvalue weighted by Crippen LogP contribution is -2.17. The summed E-state index contributed by atoms with van der Waals surface area (Å²) >= 11 is 0. The number of nitrogens with one attached hydrogen (secondary N) is 2. The van der Waals surface area contributed by atoms with Gasteiger partial charge in [-0.1, -0.05) is 31.2 Å². The smallest absolute Gasteiger partial charge is 0.265 e. The Morgan fingerprint density at radius 2 is 1.73 bits per heavy atom. The fraction of sp³-hybridized carbons (Fsp3) is 0.136. The lowest BCUT2D eigenvalue weighted by atomic mass is 10.2. The summed E-state index contributed by atoms with van der Waals surface area (Å²) in [7, 11) is -2.66. The molecule has 0 aromatic heterocycles. The van der Waals surface area contributed by atoms with Gasteiger partial charge >= 0.3 is 0 Å². The van der Waals surface area contributed by atoms with Gasteiger partial charge in [-0.25, -0.2) is 8.42 Å². The van der Waals surface area contributed by atoms with Gasteiger partial charge in [0.15, 0.2) is 0 Å². The van der Waals surface area contributed by atoms with Gasteiger partial charge in [0, 0.05) is 11.3 Å². The Morgan fingerprint density at radius 3 is 2.37 bits per heavy atom. The van der Waals surface area contributed by atoms with Crippen LogP contribution < -0.4 is 14.8 Å². The molecule has 0 aliphatic carbocycles. The Balaban J connectivity index is 1.91. The van der Waals surface area contributed by atoms with Gasteiger partial charge in [0.2, 0.25) is 0 Å². The molecular formula is C22H22N2O5S. The van der Waals surface area contributed by atoms with Gasteiger partial charge in [0.05, 0.1) is 12.8 Å². The maximum Gasteiger partial charge on any atom is 0.265 e. The topological polar surface area (TPSA) is 105 Å². The summed E-state index contributed by atoms with van der Waals surface area (Å²) in [5.74, 6) is -0.556. The normalized spacial score (nSPS) is 11.0. The third-order valence-corrected chi connectivity index (χ3v) is 5.88. The highest BCUT2D eigenvalue weighted by atomic mass is 32.2. The molecule has 30 heavy (non-hydrogen) atoms. The maximum atomic E-state index is 13.0. The van der Waals surface area contributed by atoms with E-state index in [1.54, 1.807) is 24.3 Å².